The van der Waals surface area contributed by atoms with Gasteiger partial charge in [0.25, 0.3) is 5.91 Å². The van der Waals surface area contributed by atoms with Crippen LogP contribution in [-0.2, 0) is 7.05 Å². The van der Waals surface area contributed by atoms with Gasteiger partial charge in [-0.1, -0.05) is 0 Å². The zero-order chi connectivity index (χ0) is 14.2. The zero-order valence-electron chi connectivity index (χ0n) is 11.8. The lowest BCUT2D eigenvalue weighted by atomic mass is 10.1. The molecule has 0 bridgehead atoms. The molecule has 19 heavy (non-hydrogen) atoms. The molecule has 0 aliphatic rings. The predicted molar refractivity (Wildman–Crippen MR) is 69.7 cm³/mol. The summed E-state index contributed by atoms with van der Waals surface area (Å²) in [5.41, 5.74) is 3.92. The number of nitrogens with one attached hydrogen (secondary N) is 2. The number of hydrogen-bond acceptors (Lipinski definition) is 4. The van der Waals surface area contributed by atoms with E-state index in [9.17, 15) is 4.79 Å². The third-order valence-corrected chi connectivity index (χ3v) is 3.28. The van der Waals surface area contributed by atoms with E-state index >= 15 is 0 Å². The normalized spacial score (nSPS) is 12.5. The lowest BCUT2D eigenvalue weighted by Gasteiger charge is -2.14. The minimum absolute atomic E-state index is 0.128. The summed E-state index contributed by atoms with van der Waals surface area (Å²) in [5.74, 6) is -0.235. The van der Waals surface area contributed by atoms with Crippen LogP contribution in [0.15, 0.2) is 0 Å². The van der Waals surface area contributed by atoms with Gasteiger partial charge in [0.2, 0.25) is 0 Å². The van der Waals surface area contributed by atoms with Crippen LogP contribution in [0, 0.1) is 20.8 Å². The molecule has 2 aromatic rings. The summed E-state index contributed by atoms with van der Waals surface area (Å²) < 4.78 is 1.81. The number of nitrogens with zero attached hydrogens (tertiary/aromatic N) is 4. The van der Waals surface area contributed by atoms with Crippen LogP contribution in [0.1, 0.15) is 46.1 Å². The molecular weight excluding hydrogens is 244 g/mol. The van der Waals surface area contributed by atoms with Crippen molar-refractivity contribution < 1.29 is 4.79 Å². The maximum Gasteiger partial charge on any atom is 0.274 e. The highest BCUT2D eigenvalue weighted by Crippen LogP contribution is 2.20. The number of carbonyl (C=O) groups is 1. The van der Waals surface area contributed by atoms with Crippen LogP contribution in [0.4, 0.5) is 0 Å². The van der Waals surface area contributed by atoms with Crippen molar-refractivity contribution in [3.8, 4) is 0 Å². The molecule has 0 saturated carbocycles. The van der Waals surface area contributed by atoms with Crippen LogP contribution < -0.4 is 5.32 Å². The van der Waals surface area contributed by atoms with Gasteiger partial charge in [-0.2, -0.15) is 20.5 Å². The monoisotopic (exact) mass is 262 g/mol. The van der Waals surface area contributed by atoms with Crippen LogP contribution in [-0.4, -0.2) is 31.1 Å². The Morgan fingerprint density at radius 3 is 2.42 bits per heavy atom. The molecule has 0 aromatic carbocycles. The van der Waals surface area contributed by atoms with Crippen molar-refractivity contribution in [1.82, 2.24) is 30.5 Å². The van der Waals surface area contributed by atoms with Gasteiger partial charge in [-0.15, -0.1) is 0 Å². The first-order chi connectivity index (χ1) is 8.91. The summed E-state index contributed by atoms with van der Waals surface area (Å²) in [6.07, 6.45) is 0. The summed E-state index contributed by atoms with van der Waals surface area (Å²) in [4.78, 5) is 12.1. The third-order valence-electron chi connectivity index (χ3n) is 3.28. The first-order valence-electron chi connectivity index (χ1n) is 6.10. The second-order valence-corrected chi connectivity index (χ2v) is 4.66. The molecule has 2 rings (SSSR count). The van der Waals surface area contributed by atoms with Gasteiger partial charge in [-0.05, 0) is 27.7 Å². The first-order valence-corrected chi connectivity index (χ1v) is 6.10. The van der Waals surface area contributed by atoms with Crippen molar-refractivity contribution in [3.63, 3.8) is 0 Å². The largest absolute Gasteiger partial charge is 0.344 e. The molecule has 0 saturated heterocycles. The highest BCUT2D eigenvalue weighted by Gasteiger charge is 2.20. The number of H-pyrrole nitrogens is 1. The topological polar surface area (TPSA) is 88.5 Å². The Kier molecular flexibility index (Phi) is 3.37. The standard InChI is InChI=1S/C12H18N6O/c1-6(10-7(2)16-18(5)9(10)4)13-12(19)11-8(3)14-17-15-11/h6H,1-5H3,(H,13,19)(H,14,15,17). The second-order valence-electron chi connectivity index (χ2n) is 4.66. The van der Waals surface area contributed by atoms with Gasteiger partial charge in [-0.25, -0.2) is 0 Å². The molecule has 7 nitrogen and oxygen atoms in total. The Labute approximate surface area is 111 Å². The summed E-state index contributed by atoms with van der Waals surface area (Å²) in [6, 6.07) is -0.128. The van der Waals surface area contributed by atoms with Gasteiger partial charge < -0.3 is 5.32 Å². The summed E-state index contributed by atoms with van der Waals surface area (Å²) in [7, 11) is 1.89. The van der Waals surface area contributed by atoms with Crippen molar-refractivity contribution in [1.29, 1.82) is 0 Å². The average Bonchev–Trinajstić information content (AvgIpc) is 2.84. The molecule has 0 radical (unpaired) electrons. The number of hydrogen-bond donors (Lipinski definition) is 2. The van der Waals surface area contributed by atoms with E-state index in [1.165, 1.54) is 0 Å². The van der Waals surface area contributed by atoms with E-state index in [2.05, 4.69) is 25.8 Å². The van der Waals surface area contributed by atoms with Crippen LogP contribution in [0.2, 0.25) is 0 Å². The van der Waals surface area contributed by atoms with Gasteiger partial charge in [0.05, 0.1) is 17.4 Å². The summed E-state index contributed by atoms with van der Waals surface area (Å²) in [5, 5.41) is 17.4. The highest BCUT2D eigenvalue weighted by atomic mass is 16.2. The van der Waals surface area contributed by atoms with E-state index in [0.717, 1.165) is 17.0 Å². The second kappa shape index (κ2) is 4.83. The Morgan fingerprint density at radius 2 is 1.95 bits per heavy atom. The van der Waals surface area contributed by atoms with Gasteiger partial charge in [-0.3, -0.25) is 9.48 Å². The fourth-order valence-electron chi connectivity index (χ4n) is 2.25. The SMILES string of the molecule is Cc1n[nH]nc1C(=O)NC(C)c1c(C)nn(C)c1C. The molecule has 0 spiro atoms. The average molecular weight is 262 g/mol. The molecule has 1 unspecified atom stereocenters. The van der Waals surface area contributed by atoms with E-state index in [0.29, 0.717) is 11.4 Å². The molecular formula is C12H18N6O. The molecule has 0 fully saturated rings. The molecule has 2 aromatic heterocycles. The van der Waals surface area contributed by atoms with Gasteiger partial charge >= 0.3 is 0 Å². The smallest absolute Gasteiger partial charge is 0.274 e. The number of carbonyl (C=O) groups excluding carboxylic acids is 1. The number of aryl methyl sites for hydroxylation is 3. The van der Waals surface area contributed by atoms with Crippen molar-refractivity contribution >= 4 is 5.91 Å². The lowest BCUT2D eigenvalue weighted by Crippen LogP contribution is -2.28. The van der Waals surface area contributed by atoms with Gasteiger partial charge in [0.1, 0.15) is 0 Å². The van der Waals surface area contributed by atoms with Crippen LogP contribution in [0.5, 0.6) is 0 Å². The number of rotatable bonds is 3. The van der Waals surface area contributed by atoms with Gasteiger partial charge in [0, 0.05) is 18.3 Å². The van der Waals surface area contributed by atoms with E-state index in [1.807, 2.05) is 32.5 Å². The third kappa shape index (κ3) is 2.35. The summed E-state index contributed by atoms with van der Waals surface area (Å²) in [6.45, 7) is 7.60. The molecule has 1 atom stereocenters. The highest BCUT2D eigenvalue weighted by molar-refractivity contribution is 5.93. The number of amides is 1. The molecule has 0 aliphatic carbocycles. The van der Waals surface area contributed by atoms with Crippen molar-refractivity contribution in [2.24, 2.45) is 7.05 Å². The maximum atomic E-state index is 12.1. The number of aromatic amines is 1. The van der Waals surface area contributed by atoms with Crippen molar-refractivity contribution in [2.75, 3.05) is 0 Å². The van der Waals surface area contributed by atoms with Crippen molar-refractivity contribution in [2.45, 2.75) is 33.7 Å². The lowest BCUT2D eigenvalue weighted by molar-refractivity contribution is 0.0934. The predicted octanol–water partition coefficient (Wildman–Crippen LogP) is 0.954. The molecule has 7 heteroatoms. The quantitative estimate of drug-likeness (QED) is 0.862. The minimum atomic E-state index is -0.235. The van der Waals surface area contributed by atoms with E-state index in [-0.39, 0.29) is 11.9 Å². The Morgan fingerprint density at radius 1 is 1.26 bits per heavy atom. The minimum Gasteiger partial charge on any atom is -0.344 e. The molecule has 2 heterocycles. The Balaban J connectivity index is 2.20. The molecule has 2 N–H and O–H groups in total. The van der Waals surface area contributed by atoms with Crippen LogP contribution in [0.3, 0.4) is 0 Å². The Hall–Kier alpha value is -2.18. The van der Waals surface area contributed by atoms with Crippen LogP contribution >= 0.6 is 0 Å². The zero-order valence-corrected chi connectivity index (χ0v) is 11.8. The maximum absolute atomic E-state index is 12.1. The fraction of sp³-hybridized carbons (Fsp3) is 0.500. The summed E-state index contributed by atoms with van der Waals surface area (Å²) >= 11 is 0. The Bertz CT molecular complexity index is 612. The first kappa shape index (κ1) is 13.3. The van der Waals surface area contributed by atoms with E-state index in [1.54, 1.807) is 6.92 Å². The molecule has 102 valence electrons. The van der Waals surface area contributed by atoms with E-state index < -0.39 is 0 Å². The van der Waals surface area contributed by atoms with E-state index in [4.69, 9.17) is 0 Å². The number of aromatic nitrogens is 5. The molecule has 0 aliphatic heterocycles. The van der Waals surface area contributed by atoms with Gasteiger partial charge in [0.15, 0.2) is 5.69 Å². The fourth-order valence-corrected chi connectivity index (χ4v) is 2.25. The van der Waals surface area contributed by atoms with Crippen molar-refractivity contribution in [3.05, 3.63) is 28.3 Å². The van der Waals surface area contributed by atoms with Crippen LogP contribution in [0.25, 0.3) is 0 Å². The molecule has 1 amide bonds.